The fraction of sp³-hybridized carbons (Fsp3) is 0.318. The number of benzene rings is 2. The van der Waals surface area contributed by atoms with Gasteiger partial charge in [0.1, 0.15) is 0 Å². The summed E-state index contributed by atoms with van der Waals surface area (Å²) in [6, 6.07) is 18.0. The summed E-state index contributed by atoms with van der Waals surface area (Å²) < 4.78 is 1.44. The minimum absolute atomic E-state index is 0.0110. The molecule has 0 aliphatic heterocycles. The van der Waals surface area contributed by atoms with Crippen LogP contribution in [0.5, 0.6) is 0 Å². The summed E-state index contributed by atoms with van der Waals surface area (Å²) in [5.41, 5.74) is 3.17. The molecular formula is C22H27N5OS. The van der Waals surface area contributed by atoms with Gasteiger partial charge in [-0.05, 0) is 24.8 Å². The lowest BCUT2D eigenvalue weighted by atomic mass is 9.97. The largest absolute Gasteiger partial charge is 0.349 e. The lowest BCUT2D eigenvalue weighted by molar-refractivity contribution is -0.119. The van der Waals surface area contributed by atoms with Crippen LogP contribution in [0.25, 0.3) is 11.4 Å². The highest BCUT2D eigenvalue weighted by Crippen LogP contribution is 2.24. The molecular weight excluding hydrogens is 382 g/mol. The second kappa shape index (κ2) is 9.60. The molecule has 3 N–H and O–H groups in total. The van der Waals surface area contributed by atoms with Gasteiger partial charge in [0.15, 0.2) is 5.82 Å². The highest BCUT2D eigenvalue weighted by Gasteiger charge is 2.18. The Labute approximate surface area is 175 Å². The average molecular weight is 410 g/mol. The number of rotatable bonds is 8. The molecule has 0 aliphatic rings. The molecule has 0 fully saturated rings. The quantitative estimate of drug-likeness (QED) is 0.434. The number of nitrogen functional groups attached to an aromatic ring is 1. The molecule has 0 radical (unpaired) electrons. The molecule has 1 atom stereocenters. The van der Waals surface area contributed by atoms with Crippen LogP contribution in [0.4, 0.5) is 0 Å². The molecule has 1 amide bonds. The van der Waals surface area contributed by atoms with E-state index in [1.807, 2.05) is 61.5 Å². The molecule has 7 heteroatoms. The Balaban J connectivity index is 1.63. The van der Waals surface area contributed by atoms with Gasteiger partial charge in [0.05, 0.1) is 11.8 Å². The predicted octanol–water partition coefficient (Wildman–Crippen LogP) is 3.96. The number of carbonyl (C=O) groups excluding carboxylic acids is 1. The van der Waals surface area contributed by atoms with E-state index in [2.05, 4.69) is 29.4 Å². The van der Waals surface area contributed by atoms with Gasteiger partial charge in [-0.15, -0.1) is 10.2 Å². The number of aryl methyl sites for hydroxylation is 1. The molecule has 29 heavy (non-hydrogen) atoms. The van der Waals surface area contributed by atoms with E-state index in [0.717, 1.165) is 23.1 Å². The molecule has 2 aromatic carbocycles. The van der Waals surface area contributed by atoms with Crippen LogP contribution in [0, 0.1) is 12.8 Å². The Kier molecular flexibility index (Phi) is 6.93. The number of nitrogens with zero attached hydrogens (tertiary/aromatic N) is 3. The van der Waals surface area contributed by atoms with Crippen molar-refractivity contribution in [1.29, 1.82) is 0 Å². The zero-order valence-electron chi connectivity index (χ0n) is 17.0. The summed E-state index contributed by atoms with van der Waals surface area (Å²) in [7, 11) is 0. The molecule has 0 aliphatic carbocycles. The average Bonchev–Trinajstić information content (AvgIpc) is 3.07. The molecule has 1 heterocycles. The summed E-state index contributed by atoms with van der Waals surface area (Å²) >= 11 is 1.28. The molecule has 0 spiro atoms. The lowest BCUT2D eigenvalue weighted by Crippen LogP contribution is -2.31. The molecule has 6 nitrogen and oxygen atoms in total. The highest BCUT2D eigenvalue weighted by atomic mass is 32.2. The predicted molar refractivity (Wildman–Crippen MR) is 118 cm³/mol. The molecule has 1 aromatic heterocycles. The van der Waals surface area contributed by atoms with E-state index in [1.165, 1.54) is 16.4 Å². The topological polar surface area (TPSA) is 85.8 Å². The van der Waals surface area contributed by atoms with Gasteiger partial charge in [-0.25, -0.2) is 4.68 Å². The van der Waals surface area contributed by atoms with Crippen molar-refractivity contribution in [2.45, 2.75) is 38.4 Å². The SMILES string of the molecule is Cc1ccc(-c2nnc(SCC(=O)NC(CC(C)C)c3ccccc3)n2N)cc1. The van der Waals surface area contributed by atoms with Crippen molar-refractivity contribution < 1.29 is 4.79 Å². The first-order valence-electron chi connectivity index (χ1n) is 9.68. The number of amides is 1. The van der Waals surface area contributed by atoms with Gasteiger partial charge >= 0.3 is 0 Å². The summed E-state index contributed by atoms with van der Waals surface area (Å²) in [6.45, 7) is 6.33. The first-order valence-corrected chi connectivity index (χ1v) is 10.7. The standard InChI is InChI=1S/C22H27N5OS/c1-15(2)13-19(17-7-5-4-6-8-17)24-20(28)14-29-22-26-25-21(27(22)23)18-11-9-16(3)10-12-18/h4-12,15,19H,13-14,23H2,1-3H3,(H,24,28). The molecule has 152 valence electrons. The van der Waals surface area contributed by atoms with Crippen molar-refractivity contribution in [2.24, 2.45) is 5.92 Å². The fourth-order valence-corrected chi connectivity index (χ4v) is 3.74. The van der Waals surface area contributed by atoms with E-state index in [1.54, 1.807) is 0 Å². The van der Waals surface area contributed by atoms with Crippen LogP contribution in [-0.4, -0.2) is 26.5 Å². The van der Waals surface area contributed by atoms with E-state index in [-0.39, 0.29) is 17.7 Å². The van der Waals surface area contributed by atoms with Crippen LogP contribution in [0.2, 0.25) is 0 Å². The van der Waals surface area contributed by atoms with Crippen molar-refractivity contribution >= 4 is 17.7 Å². The molecule has 0 saturated carbocycles. The van der Waals surface area contributed by atoms with Gasteiger partial charge in [-0.2, -0.15) is 0 Å². The number of carbonyl (C=O) groups is 1. The number of nitrogens with one attached hydrogen (secondary N) is 1. The lowest BCUT2D eigenvalue weighted by Gasteiger charge is -2.21. The molecule has 3 aromatic rings. The third-order valence-electron chi connectivity index (χ3n) is 4.55. The van der Waals surface area contributed by atoms with Crippen molar-refractivity contribution in [3.8, 4) is 11.4 Å². The zero-order valence-corrected chi connectivity index (χ0v) is 17.8. The van der Waals surface area contributed by atoms with E-state index >= 15 is 0 Å². The van der Waals surface area contributed by atoms with E-state index in [4.69, 9.17) is 5.84 Å². The van der Waals surface area contributed by atoms with Crippen LogP contribution in [0.15, 0.2) is 59.8 Å². The molecule has 3 rings (SSSR count). The first kappa shape index (κ1) is 20.9. The van der Waals surface area contributed by atoms with Crippen LogP contribution in [-0.2, 0) is 4.79 Å². The van der Waals surface area contributed by atoms with Crippen molar-refractivity contribution in [3.63, 3.8) is 0 Å². The van der Waals surface area contributed by atoms with Gasteiger partial charge in [0, 0.05) is 5.56 Å². The molecule has 1 unspecified atom stereocenters. The number of hydrogen-bond donors (Lipinski definition) is 2. The van der Waals surface area contributed by atoms with Gasteiger partial charge in [0.2, 0.25) is 11.1 Å². The molecule has 0 bridgehead atoms. The maximum absolute atomic E-state index is 12.6. The second-order valence-electron chi connectivity index (χ2n) is 7.49. The van der Waals surface area contributed by atoms with Gasteiger partial charge < -0.3 is 11.2 Å². The Morgan fingerprint density at radius 1 is 1.10 bits per heavy atom. The van der Waals surface area contributed by atoms with Crippen LogP contribution >= 0.6 is 11.8 Å². The minimum atomic E-state index is -0.0515. The van der Waals surface area contributed by atoms with Crippen molar-refractivity contribution in [2.75, 3.05) is 11.6 Å². The Morgan fingerprint density at radius 3 is 2.45 bits per heavy atom. The van der Waals surface area contributed by atoms with Gasteiger partial charge in [-0.3, -0.25) is 4.79 Å². The fourth-order valence-electron chi connectivity index (χ4n) is 3.08. The number of nitrogens with two attached hydrogens (primary N) is 1. The smallest absolute Gasteiger partial charge is 0.230 e. The summed E-state index contributed by atoms with van der Waals surface area (Å²) in [5, 5.41) is 12.0. The van der Waals surface area contributed by atoms with E-state index in [9.17, 15) is 4.79 Å². The van der Waals surface area contributed by atoms with Crippen molar-refractivity contribution in [3.05, 3.63) is 65.7 Å². The number of thioether (sulfide) groups is 1. The molecule has 0 saturated heterocycles. The van der Waals surface area contributed by atoms with E-state index in [0.29, 0.717) is 16.9 Å². The zero-order chi connectivity index (χ0) is 20.8. The maximum atomic E-state index is 12.6. The van der Waals surface area contributed by atoms with Crippen molar-refractivity contribution in [1.82, 2.24) is 20.2 Å². The second-order valence-corrected chi connectivity index (χ2v) is 8.43. The summed E-state index contributed by atoms with van der Waals surface area (Å²) in [4.78, 5) is 12.6. The van der Waals surface area contributed by atoms with Crippen LogP contribution < -0.4 is 11.2 Å². The summed E-state index contributed by atoms with van der Waals surface area (Å²) in [6.07, 6.45) is 0.880. The monoisotopic (exact) mass is 409 g/mol. The minimum Gasteiger partial charge on any atom is -0.349 e. The maximum Gasteiger partial charge on any atom is 0.230 e. The highest BCUT2D eigenvalue weighted by molar-refractivity contribution is 7.99. The Bertz CT molecular complexity index is 938. The van der Waals surface area contributed by atoms with E-state index < -0.39 is 0 Å². The third kappa shape index (κ3) is 5.60. The number of aromatic nitrogens is 3. The summed E-state index contributed by atoms with van der Waals surface area (Å²) in [5.74, 6) is 7.38. The normalized spacial score (nSPS) is 12.1. The third-order valence-corrected chi connectivity index (χ3v) is 5.49. The first-order chi connectivity index (χ1) is 13.9. The number of hydrogen-bond acceptors (Lipinski definition) is 5. The van der Waals surface area contributed by atoms with Crippen LogP contribution in [0.1, 0.15) is 37.4 Å². The van der Waals surface area contributed by atoms with Gasteiger partial charge in [0.25, 0.3) is 0 Å². The Morgan fingerprint density at radius 2 is 1.79 bits per heavy atom. The Hall–Kier alpha value is -2.80. The van der Waals surface area contributed by atoms with Crippen LogP contribution in [0.3, 0.4) is 0 Å². The van der Waals surface area contributed by atoms with Gasteiger partial charge in [-0.1, -0.05) is 85.8 Å².